The number of phenols is 1. The molecule has 0 radical (unpaired) electrons. The van der Waals surface area contributed by atoms with Crippen molar-refractivity contribution in [1.82, 2.24) is 21.1 Å². The maximum Gasteiger partial charge on any atom is 0.416 e. The van der Waals surface area contributed by atoms with Gasteiger partial charge < -0.3 is 20.8 Å². The van der Waals surface area contributed by atoms with E-state index in [4.69, 9.17) is 10.1 Å². The predicted octanol–water partition coefficient (Wildman–Crippen LogP) is 4.10. The molecule has 3 rings (SSSR count). The number of nitrogens with zero attached hydrogens (tertiary/aromatic N) is 2. The van der Waals surface area contributed by atoms with Gasteiger partial charge in [0.15, 0.2) is 0 Å². The molecular weight excluding hydrogens is 439 g/mol. The van der Waals surface area contributed by atoms with E-state index in [2.05, 4.69) is 16.1 Å². The number of carbonyl (C=O) groups is 1. The first kappa shape index (κ1) is 24.5. The van der Waals surface area contributed by atoms with Crippen molar-refractivity contribution in [3.8, 4) is 5.75 Å². The van der Waals surface area contributed by atoms with Crippen LogP contribution in [0.5, 0.6) is 5.75 Å². The Balaban J connectivity index is 2.00. The molecule has 1 aliphatic heterocycles. The lowest BCUT2D eigenvalue weighted by Crippen LogP contribution is -2.54. The number of aromatic hydroxyl groups is 1. The Labute approximate surface area is 190 Å². The quantitative estimate of drug-likeness (QED) is 0.456. The van der Waals surface area contributed by atoms with Gasteiger partial charge >= 0.3 is 12.3 Å². The highest BCUT2D eigenvalue weighted by Gasteiger charge is 2.35. The number of nitrogens with one attached hydrogen (secondary N) is 3. The molecule has 0 unspecified atom stereocenters. The molecule has 0 saturated heterocycles. The van der Waals surface area contributed by atoms with Crippen molar-refractivity contribution in [3.63, 3.8) is 0 Å². The lowest BCUT2D eigenvalue weighted by Gasteiger charge is -2.39. The minimum Gasteiger partial charge on any atom is -0.507 e. The van der Waals surface area contributed by atoms with Crippen LogP contribution in [0.2, 0.25) is 0 Å². The van der Waals surface area contributed by atoms with Gasteiger partial charge in [-0.05, 0) is 31.0 Å². The monoisotopic (exact) mass is 469 g/mol. The maximum absolute atomic E-state index is 13.1. The number of hydrogen-bond acceptors (Lipinski definition) is 4. The Hall–Kier alpha value is -3.11. The average molecular weight is 470 g/mol. The van der Waals surface area contributed by atoms with Crippen LogP contribution in [-0.2, 0) is 6.18 Å². The number of hydrogen-bond donors (Lipinski definition) is 5. The summed E-state index contributed by atoms with van der Waals surface area (Å²) in [5.74, 6) is -0.0860. The first-order chi connectivity index (χ1) is 15.3. The largest absolute Gasteiger partial charge is 0.507 e. The van der Waals surface area contributed by atoms with Crippen molar-refractivity contribution in [2.75, 3.05) is 7.05 Å². The zero-order valence-corrected chi connectivity index (χ0v) is 19.0. The first-order valence-electron chi connectivity index (χ1n) is 10.8. The highest BCUT2D eigenvalue weighted by molar-refractivity contribution is 5.88. The molecule has 33 heavy (non-hydrogen) atoms. The standard InChI is InChI=1S/C22H30F3N5O3/c1-21(2,3)18-17(13-10-9-12(11-16(13)31)22(23,24)25)30(4)29-19(28-18)26-14-7-5-6-8-15(14)27-20(32)33/h9-11,14-15,27,31H,5-8H2,1-4H3,(H,32,33)(H2,26,28,29)/t14-,15-/m1/s1. The summed E-state index contributed by atoms with van der Waals surface area (Å²) in [5, 5.41) is 26.9. The highest BCUT2D eigenvalue weighted by Crippen LogP contribution is 2.39. The number of allylic oxidation sites excluding steroid dienone is 1. The van der Waals surface area contributed by atoms with Gasteiger partial charge in [0.25, 0.3) is 0 Å². The van der Waals surface area contributed by atoms with Crippen LogP contribution >= 0.6 is 0 Å². The van der Waals surface area contributed by atoms with Crippen molar-refractivity contribution in [1.29, 1.82) is 0 Å². The number of rotatable bonds is 3. The maximum atomic E-state index is 13.1. The molecule has 1 amide bonds. The third kappa shape index (κ3) is 5.63. The van der Waals surface area contributed by atoms with E-state index >= 15 is 0 Å². The van der Waals surface area contributed by atoms with Gasteiger partial charge in [-0.25, -0.2) is 9.79 Å². The number of amides is 1. The number of aliphatic imine (C=N–C) groups is 1. The molecule has 1 fully saturated rings. The lowest BCUT2D eigenvalue weighted by molar-refractivity contribution is -0.137. The number of phenolic OH excluding ortho intramolecular Hbond substituents is 1. The highest BCUT2D eigenvalue weighted by atomic mass is 19.4. The summed E-state index contributed by atoms with van der Waals surface area (Å²) in [5.41, 5.74) is 3.02. The molecule has 0 bridgehead atoms. The van der Waals surface area contributed by atoms with Crippen molar-refractivity contribution in [2.45, 2.75) is 64.7 Å². The Morgan fingerprint density at radius 3 is 2.45 bits per heavy atom. The number of guanidine groups is 1. The van der Waals surface area contributed by atoms with E-state index in [9.17, 15) is 23.1 Å². The van der Waals surface area contributed by atoms with Crippen LogP contribution < -0.4 is 16.1 Å². The molecule has 1 aromatic carbocycles. The van der Waals surface area contributed by atoms with E-state index < -0.39 is 29.0 Å². The van der Waals surface area contributed by atoms with Gasteiger partial charge in [-0.2, -0.15) is 13.2 Å². The van der Waals surface area contributed by atoms with Gasteiger partial charge in [0.2, 0.25) is 5.96 Å². The zero-order valence-electron chi connectivity index (χ0n) is 19.0. The van der Waals surface area contributed by atoms with Gasteiger partial charge in [-0.3, -0.25) is 10.4 Å². The topological polar surface area (TPSA) is 109 Å². The van der Waals surface area contributed by atoms with Crippen LogP contribution in [0.1, 0.15) is 57.6 Å². The summed E-state index contributed by atoms with van der Waals surface area (Å²) in [4.78, 5) is 15.9. The van der Waals surface area contributed by atoms with Gasteiger partial charge in [0, 0.05) is 23.7 Å². The second-order valence-electron chi connectivity index (χ2n) is 9.38. The van der Waals surface area contributed by atoms with E-state index in [-0.39, 0.29) is 17.6 Å². The van der Waals surface area contributed by atoms with E-state index in [0.717, 1.165) is 25.3 Å². The average Bonchev–Trinajstić information content (AvgIpc) is 2.68. The molecule has 1 heterocycles. The normalized spacial score (nSPS) is 23.2. The fraction of sp³-hybridized carbons (Fsp3) is 0.545. The summed E-state index contributed by atoms with van der Waals surface area (Å²) in [6, 6.07) is 2.32. The Morgan fingerprint density at radius 2 is 1.88 bits per heavy atom. The molecule has 5 N–H and O–H groups in total. The predicted molar refractivity (Wildman–Crippen MR) is 118 cm³/mol. The van der Waals surface area contributed by atoms with Crippen molar-refractivity contribution >= 4 is 17.7 Å². The van der Waals surface area contributed by atoms with Crippen molar-refractivity contribution < 1.29 is 28.2 Å². The molecule has 182 valence electrons. The van der Waals surface area contributed by atoms with Gasteiger partial charge in [-0.1, -0.05) is 33.6 Å². The summed E-state index contributed by atoms with van der Waals surface area (Å²) >= 11 is 0. The second-order valence-corrected chi connectivity index (χ2v) is 9.38. The summed E-state index contributed by atoms with van der Waals surface area (Å²) in [7, 11) is 1.68. The van der Waals surface area contributed by atoms with E-state index in [0.29, 0.717) is 29.8 Å². The summed E-state index contributed by atoms with van der Waals surface area (Å²) in [6.07, 6.45) is -2.39. The number of benzene rings is 1. The Kier molecular flexibility index (Phi) is 6.71. The second kappa shape index (κ2) is 9.03. The van der Waals surface area contributed by atoms with E-state index in [1.165, 1.54) is 6.07 Å². The SMILES string of the molecule is CN1NC(=N[C@@H]2CCCC[C@H]2NC(=O)O)NC(C(C)(C)C)=C1c1ccc(C(F)(F)F)cc1O. The van der Waals surface area contributed by atoms with Crippen molar-refractivity contribution in [3.05, 3.63) is 35.0 Å². The molecule has 1 saturated carbocycles. The minimum atomic E-state index is -4.56. The zero-order chi connectivity index (χ0) is 24.6. The molecule has 1 aliphatic carbocycles. The molecule has 8 nitrogen and oxygen atoms in total. The van der Waals surface area contributed by atoms with Crippen LogP contribution in [0.25, 0.3) is 5.70 Å². The fourth-order valence-corrected chi connectivity index (χ4v) is 4.17. The number of hydrazine groups is 1. The third-order valence-corrected chi connectivity index (χ3v) is 5.75. The molecule has 2 aliphatic rings. The Bertz CT molecular complexity index is 969. The third-order valence-electron chi connectivity index (χ3n) is 5.75. The van der Waals surface area contributed by atoms with Crippen LogP contribution in [0, 0.1) is 5.41 Å². The van der Waals surface area contributed by atoms with E-state index in [1.54, 1.807) is 12.1 Å². The van der Waals surface area contributed by atoms with Gasteiger partial charge in [0.05, 0.1) is 23.3 Å². The number of halogens is 3. The molecule has 1 aromatic rings. The van der Waals surface area contributed by atoms with Crippen LogP contribution in [0.3, 0.4) is 0 Å². The molecular formula is C22H30F3N5O3. The number of carboxylic acid groups (broad SMARTS) is 1. The summed E-state index contributed by atoms with van der Waals surface area (Å²) in [6.45, 7) is 5.80. The van der Waals surface area contributed by atoms with Gasteiger partial charge in [0.1, 0.15) is 5.75 Å². The number of alkyl halides is 3. The van der Waals surface area contributed by atoms with Crippen molar-refractivity contribution in [2.24, 2.45) is 10.4 Å². The van der Waals surface area contributed by atoms with Crippen LogP contribution in [0.15, 0.2) is 28.9 Å². The van der Waals surface area contributed by atoms with Crippen LogP contribution in [-0.4, -0.2) is 46.4 Å². The molecule has 0 spiro atoms. The fourth-order valence-electron chi connectivity index (χ4n) is 4.17. The molecule has 11 heteroatoms. The van der Waals surface area contributed by atoms with Gasteiger partial charge in [-0.15, -0.1) is 0 Å². The lowest BCUT2D eigenvalue weighted by atomic mass is 9.87. The smallest absolute Gasteiger partial charge is 0.416 e. The van der Waals surface area contributed by atoms with Crippen LogP contribution in [0.4, 0.5) is 18.0 Å². The summed E-state index contributed by atoms with van der Waals surface area (Å²) < 4.78 is 39.2. The minimum absolute atomic E-state index is 0.234. The molecule has 0 aromatic heterocycles. The first-order valence-corrected chi connectivity index (χ1v) is 10.8. The van der Waals surface area contributed by atoms with E-state index in [1.807, 2.05) is 20.8 Å². The molecule has 2 atom stereocenters. The Morgan fingerprint density at radius 1 is 1.21 bits per heavy atom.